The lowest BCUT2D eigenvalue weighted by Crippen LogP contribution is -2.17. The maximum atomic E-state index is 11.5. The summed E-state index contributed by atoms with van der Waals surface area (Å²) in [7, 11) is 0. The van der Waals surface area contributed by atoms with Crippen molar-refractivity contribution in [2.75, 3.05) is 0 Å². The van der Waals surface area contributed by atoms with Crippen LogP contribution in [-0.4, -0.2) is 34.3 Å². The van der Waals surface area contributed by atoms with Crippen molar-refractivity contribution >= 4 is 24.1 Å². The molecule has 1 rings (SSSR count). The number of rotatable bonds is 9. The molecule has 22 heavy (non-hydrogen) atoms. The highest BCUT2D eigenvalue weighted by atomic mass is 16.4. The van der Waals surface area contributed by atoms with Gasteiger partial charge in [0.2, 0.25) is 5.91 Å². The molecule has 0 aliphatic heterocycles. The fourth-order valence-corrected chi connectivity index (χ4v) is 1.73. The van der Waals surface area contributed by atoms with Crippen molar-refractivity contribution in [3.63, 3.8) is 0 Å². The molecular formula is C15H18N2O5. The molecule has 7 heteroatoms. The van der Waals surface area contributed by atoms with Gasteiger partial charge in [0.15, 0.2) is 0 Å². The van der Waals surface area contributed by atoms with Crippen molar-refractivity contribution in [2.45, 2.75) is 32.1 Å². The van der Waals surface area contributed by atoms with Crippen molar-refractivity contribution in [1.82, 2.24) is 5.43 Å². The first-order chi connectivity index (χ1) is 10.5. The van der Waals surface area contributed by atoms with Gasteiger partial charge in [-0.3, -0.25) is 9.59 Å². The first-order valence-corrected chi connectivity index (χ1v) is 6.86. The molecule has 1 amide bonds. The summed E-state index contributed by atoms with van der Waals surface area (Å²) < 4.78 is 0. The molecule has 7 nitrogen and oxygen atoms in total. The summed E-state index contributed by atoms with van der Waals surface area (Å²) in [5.41, 5.74) is 3.06. The predicted octanol–water partition coefficient (Wildman–Crippen LogP) is 1.87. The predicted molar refractivity (Wildman–Crippen MR) is 79.9 cm³/mol. The van der Waals surface area contributed by atoms with E-state index in [1.807, 2.05) is 0 Å². The van der Waals surface area contributed by atoms with E-state index in [0.29, 0.717) is 24.8 Å². The number of carbonyl (C=O) groups is 3. The Kier molecular flexibility index (Phi) is 7.32. The van der Waals surface area contributed by atoms with Gasteiger partial charge >= 0.3 is 11.9 Å². The molecule has 0 aromatic heterocycles. The second-order valence-corrected chi connectivity index (χ2v) is 4.68. The van der Waals surface area contributed by atoms with Gasteiger partial charge in [-0.1, -0.05) is 18.6 Å². The van der Waals surface area contributed by atoms with Crippen LogP contribution in [0.4, 0.5) is 0 Å². The summed E-state index contributed by atoms with van der Waals surface area (Å²) in [4.78, 5) is 32.6. The summed E-state index contributed by atoms with van der Waals surface area (Å²) >= 11 is 0. The van der Waals surface area contributed by atoms with Gasteiger partial charge in [0.05, 0.1) is 11.8 Å². The number of nitrogens with one attached hydrogen (secondary N) is 1. The Bertz CT molecular complexity index is 569. The molecule has 0 radical (unpaired) electrons. The minimum Gasteiger partial charge on any atom is -0.481 e. The zero-order chi connectivity index (χ0) is 16.4. The summed E-state index contributed by atoms with van der Waals surface area (Å²) in [6.07, 6.45) is 3.57. The van der Waals surface area contributed by atoms with Gasteiger partial charge in [0.25, 0.3) is 0 Å². The van der Waals surface area contributed by atoms with E-state index < -0.39 is 11.9 Å². The molecule has 0 aliphatic carbocycles. The molecule has 0 aliphatic rings. The Morgan fingerprint density at radius 2 is 1.82 bits per heavy atom. The van der Waals surface area contributed by atoms with Gasteiger partial charge in [-0.05, 0) is 30.5 Å². The Morgan fingerprint density at radius 3 is 2.50 bits per heavy atom. The topological polar surface area (TPSA) is 116 Å². The van der Waals surface area contributed by atoms with Crippen molar-refractivity contribution in [3.05, 3.63) is 35.4 Å². The molecule has 118 valence electrons. The lowest BCUT2D eigenvalue weighted by Gasteiger charge is -2.00. The monoisotopic (exact) mass is 306 g/mol. The van der Waals surface area contributed by atoms with Crippen LogP contribution in [0, 0.1) is 0 Å². The number of aliphatic carboxylic acids is 1. The molecule has 0 unspecified atom stereocenters. The highest BCUT2D eigenvalue weighted by Crippen LogP contribution is 2.04. The van der Waals surface area contributed by atoms with Crippen LogP contribution in [0.2, 0.25) is 0 Å². The number of hydrazone groups is 1. The van der Waals surface area contributed by atoms with Crippen LogP contribution in [-0.2, 0) is 9.59 Å². The second-order valence-electron chi connectivity index (χ2n) is 4.68. The lowest BCUT2D eigenvalue weighted by atomic mass is 10.1. The van der Waals surface area contributed by atoms with Crippen LogP contribution in [0.1, 0.15) is 48.0 Å². The first kappa shape index (κ1) is 17.4. The van der Waals surface area contributed by atoms with Gasteiger partial charge in [0.1, 0.15) is 0 Å². The van der Waals surface area contributed by atoms with E-state index >= 15 is 0 Å². The lowest BCUT2D eigenvalue weighted by molar-refractivity contribution is -0.137. The fraction of sp³-hybridized carbons (Fsp3) is 0.333. The normalized spacial score (nSPS) is 10.5. The van der Waals surface area contributed by atoms with E-state index in [0.717, 1.165) is 0 Å². The van der Waals surface area contributed by atoms with Crippen LogP contribution in [0.15, 0.2) is 29.4 Å². The van der Waals surface area contributed by atoms with Crippen molar-refractivity contribution < 1.29 is 24.6 Å². The van der Waals surface area contributed by atoms with Crippen LogP contribution >= 0.6 is 0 Å². The van der Waals surface area contributed by atoms with E-state index in [9.17, 15) is 14.4 Å². The maximum Gasteiger partial charge on any atom is 0.335 e. The number of benzene rings is 1. The van der Waals surface area contributed by atoms with E-state index in [-0.39, 0.29) is 24.3 Å². The molecule has 3 N–H and O–H groups in total. The highest BCUT2D eigenvalue weighted by Gasteiger charge is 2.03. The number of carboxylic acids is 2. The number of unbranched alkanes of at least 4 members (excludes halogenated alkanes) is 2. The number of carboxylic acid groups (broad SMARTS) is 2. The molecule has 1 aromatic rings. The third-order valence-electron chi connectivity index (χ3n) is 2.83. The number of nitrogens with zero attached hydrogens (tertiary/aromatic N) is 1. The molecule has 0 saturated heterocycles. The van der Waals surface area contributed by atoms with Gasteiger partial charge in [-0.2, -0.15) is 5.10 Å². The summed E-state index contributed by atoms with van der Waals surface area (Å²) in [5.74, 6) is -2.13. The Balaban J connectivity index is 2.30. The van der Waals surface area contributed by atoms with Gasteiger partial charge in [-0.15, -0.1) is 0 Å². The highest BCUT2D eigenvalue weighted by molar-refractivity contribution is 5.91. The molecule has 0 spiro atoms. The van der Waals surface area contributed by atoms with Crippen molar-refractivity contribution in [3.8, 4) is 0 Å². The van der Waals surface area contributed by atoms with Crippen LogP contribution in [0.25, 0.3) is 0 Å². The molecule has 0 heterocycles. The number of hydrogen-bond donors (Lipinski definition) is 3. The molecule has 0 saturated carbocycles. The Labute approximate surface area is 127 Å². The molecule has 0 fully saturated rings. The molecule has 1 aromatic carbocycles. The summed E-state index contributed by atoms with van der Waals surface area (Å²) in [5, 5.41) is 21.1. The molecule has 0 bridgehead atoms. The van der Waals surface area contributed by atoms with E-state index in [4.69, 9.17) is 10.2 Å². The van der Waals surface area contributed by atoms with Gasteiger partial charge in [-0.25, -0.2) is 10.2 Å². The number of hydrogen-bond acceptors (Lipinski definition) is 4. The first-order valence-electron chi connectivity index (χ1n) is 6.86. The maximum absolute atomic E-state index is 11.5. The summed E-state index contributed by atoms with van der Waals surface area (Å²) in [6.45, 7) is 0. The Hall–Kier alpha value is -2.70. The van der Waals surface area contributed by atoms with Crippen molar-refractivity contribution in [1.29, 1.82) is 0 Å². The Morgan fingerprint density at radius 1 is 1.09 bits per heavy atom. The summed E-state index contributed by atoms with van der Waals surface area (Å²) in [6, 6.07) is 6.18. The molecule has 0 atom stereocenters. The van der Waals surface area contributed by atoms with Crippen LogP contribution < -0.4 is 5.43 Å². The molecular weight excluding hydrogens is 288 g/mol. The minimum absolute atomic E-state index is 0.111. The van der Waals surface area contributed by atoms with Crippen LogP contribution in [0.3, 0.4) is 0 Å². The van der Waals surface area contributed by atoms with Gasteiger partial charge < -0.3 is 10.2 Å². The van der Waals surface area contributed by atoms with Crippen molar-refractivity contribution in [2.24, 2.45) is 5.10 Å². The van der Waals surface area contributed by atoms with E-state index in [2.05, 4.69) is 10.5 Å². The number of aromatic carboxylic acids is 1. The smallest absolute Gasteiger partial charge is 0.335 e. The van der Waals surface area contributed by atoms with E-state index in [1.54, 1.807) is 12.1 Å². The third kappa shape index (κ3) is 7.18. The average Bonchev–Trinajstić information content (AvgIpc) is 2.47. The second kappa shape index (κ2) is 9.28. The zero-order valence-electron chi connectivity index (χ0n) is 12.0. The average molecular weight is 306 g/mol. The largest absolute Gasteiger partial charge is 0.481 e. The quantitative estimate of drug-likeness (QED) is 0.366. The van der Waals surface area contributed by atoms with Crippen LogP contribution in [0.5, 0.6) is 0 Å². The number of amides is 1. The standard InChI is InChI=1S/C15H18N2O5/c18-13(7-2-1-3-8-14(19)20)17-16-10-11-5-4-6-12(9-11)15(21)22/h4-6,9-10H,1-3,7-8H2,(H,17,18)(H,19,20)(H,21,22)/b16-10+. The van der Waals surface area contributed by atoms with E-state index in [1.165, 1.54) is 18.3 Å². The minimum atomic E-state index is -1.03. The SMILES string of the molecule is O=C(O)CCCCCC(=O)N/N=C/c1cccc(C(=O)O)c1. The zero-order valence-corrected chi connectivity index (χ0v) is 12.0. The third-order valence-corrected chi connectivity index (χ3v) is 2.83. The van der Waals surface area contributed by atoms with Gasteiger partial charge in [0, 0.05) is 12.8 Å². The fourth-order valence-electron chi connectivity index (χ4n) is 1.73. The number of carbonyl (C=O) groups excluding carboxylic acids is 1.